The number of halogens is 3. The number of hydrogen-bond acceptors (Lipinski definition) is 2. The molecule has 20 heavy (non-hydrogen) atoms. The first-order valence-corrected chi connectivity index (χ1v) is 7.05. The van der Waals surface area contributed by atoms with Gasteiger partial charge in [0.25, 0.3) is 0 Å². The van der Waals surface area contributed by atoms with E-state index in [0.29, 0.717) is 21.6 Å². The minimum atomic E-state index is -0.351. The molecule has 3 rings (SSSR count). The van der Waals surface area contributed by atoms with Crippen LogP contribution in [0.1, 0.15) is 5.69 Å². The van der Waals surface area contributed by atoms with E-state index in [9.17, 15) is 9.18 Å². The predicted octanol–water partition coefficient (Wildman–Crippen LogP) is 3.13. The molecule has 0 amide bonds. The normalized spacial score (nSPS) is 11.2. The van der Waals surface area contributed by atoms with Gasteiger partial charge in [-0.1, -0.05) is 0 Å². The molecule has 0 bridgehead atoms. The van der Waals surface area contributed by atoms with Gasteiger partial charge in [0.15, 0.2) is 0 Å². The highest BCUT2D eigenvalue weighted by atomic mass is 79.9. The van der Waals surface area contributed by atoms with Crippen molar-refractivity contribution in [1.82, 2.24) is 14.0 Å². The summed E-state index contributed by atoms with van der Waals surface area (Å²) < 4.78 is 16.3. The minimum Gasteiger partial charge on any atom is -0.269 e. The van der Waals surface area contributed by atoms with E-state index < -0.39 is 0 Å². The van der Waals surface area contributed by atoms with Crippen LogP contribution >= 0.6 is 27.5 Å². The van der Waals surface area contributed by atoms with Crippen molar-refractivity contribution in [2.45, 2.75) is 5.88 Å². The lowest BCUT2D eigenvalue weighted by atomic mass is 10.3. The van der Waals surface area contributed by atoms with Crippen LogP contribution in [0.2, 0.25) is 0 Å². The maximum atomic E-state index is 12.9. The molecular formula is C13H8BrClFN3O. The van der Waals surface area contributed by atoms with E-state index in [-0.39, 0.29) is 17.4 Å². The van der Waals surface area contributed by atoms with Gasteiger partial charge in [-0.15, -0.1) is 11.6 Å². The quantitative estimate of drug-likeness (QED) is 0.662. The maximum absolute atomic E-state index is 12.9. The largest absolute Gasteiger partial charge is 0.339 e. The van der Waals surface area contributed by atoms with Crippen LogP contribution in [0.5, 0.6) is 0 Å². The lowest BCUT2D eigenvalue weighted by Gasteiger charge is -2.06. The molecule has 0 spiro atoms. The van der Waals surface area contributed by atoms with Gasteiger partial charge in [-0.05, 0) is 46.3 Å². The van der Waals surface area contributed by atoms with Gasteiger partial charge < -0.3 is 0 Å². The Kier molecular flexibility index (Phi) is 3.35. The van der Waals surface area contributed by atoms with Crippen LogP contribution < -0.4 is 5.69 Å². The van der Waals surface area contributed by atoms with Gasteiger partial charge in [-0.2, -0.15) is 0 Å². The second-order valence-electron chi connectivity index (χ2n) is 4.12. The van der Waals surface area contributed by atoms with Crippen molar-refractivity contribution in [3.05, 3.63) is 63.1 Å². The average molecular weight is 357 g/mol. The molecule has 0 fully saturated rings. The highest BCUT2D eigenvalue weighted by Gasteiger charge is 2.13. The molecule has 3 aromatic rings. The zero-order valence-electron chi connectivity index (χ0n) is 10.1. The molecule has 4 nitrogen and oxygen atoms in total. The molecule has 0 saturated heterocycles. The predicted molar refractivity (Wildman–Crippen MR) is 78.0 cm³/mol. The number of aromatic nitrogens is 3. The Morgan fingerprint density at radius 1 is 1.25 bits per heavy atom. The Labute approximate surface area is 126 Å². The van der Waals surface area contributed by atoms with Crippen molar-refractivity contribution < 1.29 is 4.39 Å². The second-order valence-corrected chi connectivity index (χ2v) is 5.14. The summed E-state index contributed by atoms with van der Waals surface area (Å²) in [6, 6.07) is 7.38. The first kappa shape index (κ1) is 13.3. The van der Waals surface area contributed by atoms with E-state index in [1.165, 1.54) is 33.2 Å². The number of nitrogens with zero attached hydrogens (tertiary/aromatic N) is 3. The van der Waals surface area contributed by atoms with Crippen molar-refractivity contribution in [3.63, 3.8) is 0 Å². The molecule has 7 heteroatoms. The highest BCUT2D eigenvalue weighted by Crippen LogP contribution is 2.19. The summed E-state index contributed by atoms with van der Waals surface area (Å²) in [4.78, 5) is 16.7. The fourth-order valence-corrected chi connectivity index (χ4v) is 2.86. The summed E-state index contributed by atoms with van der Waals surface area (Å²) in [5.74, 6) is -0.144. The van der Waals surface area contributed by atoms with E-state index in [2.05, 4.69) is 20.9 Å². The molecule has 0 aliphatic heterocycles. The van der Waals surface area contributed by atoms with Crippen LogP contribution in [0.4, 0.5) is 4.39 Å². The topological polar surface area (TPSA) is 39.3 Å². The summed E-state index contributed by atoms with van der Waals surface area (Å²) in [7, 11) is 0. The Bertz CT molecular complexity index is 841. The molecule has 2 heterocycles. The lowest BCUT2D eigenvalue weighted by Crippen LogP contribution is -2.24. The highest BCUT2D eigenvalue weighted by molar-refractivity contribution is 9.10. The van der Waals surface area contributed by atoms with E-state index >= 15 is 0 Å². The fraction of sp³-hybridized carbons (Fsp3) is 0.0769. The Morgan fingerprint density at radius 2 is 1.95 bits per heavy atom. The first-order chi connectivity index (χ1) is 9.61. The number of alkyl halides is 1. The van der Waals surface area contributed by atoms with E-state index in [1.54, 1.807) is 12.3 Å². The minimum absolute atomic E-state index is 0.207. The van der Waals surface area contributed by atoms with Crippen LogP contribution in [-0.2, 0) is 5.88 Å². The van der Waals surface area contributed by atoms with Crippen molar-refractivity contribution >= 4 is 33.2 Å². The third-order valence-electron chi connectivity index (χ3n) is 2.91. The van der Waals surface area contributed by atoms with Crippen LogP contribution in [-0.4, -0.2) is 14.0 Å². The van der Waals surface area contributed by atoms with Gasteiger partial charge in [0.1, 0.15) is 16.1 Å². The lowest BCUT2D eigenvalue weighted by molar-refractivity contribution is 0.627. The van der Waals surface area contributed by atoms with Gasteiger partial charge >= 0.3 is 5.69 Å². The number of imidazole rings is 1. The summed E-state index contributed by atoms with van der Waals surface area (Å²) in [6.45, 7) is 0. The third-order valence-corrected chi connectivity index (χ3v) is 3.98. The number of fused-ring (bicyclic) bond motifs is 1. The SMILES string of the molecule is O=c1n(-c2ccc(F)cc2)ccc2nc(CCl)c(Br)n12. The Balaban J connectivity index is 2.28. The summed E-state index contributed by atoms with van der Waals surface area (Å²) in [5.41, 5.74) is 1.38. The molecule has 0 saturated carbocycles. The fourth-order valence-electron chi connectivity index (χ4n) is 1.95. The summed E-state index contributed by atoms with van der Waals surface area (Å²) in [6.07, 6.45) is 1.60. The van der Waals surface area contributed by atoms with Crippen LogP contribution in [0.15, 0.2) is 45.9 Å². The molecule has 102 valence electrons. The average Bonchev–Trinajstić information content (AvgIpc) is 2.78. The second kappa shape index (κ2) is 5.03. The van der Waals surface area contributed by atoms with Gasteiger partial charge in [0.05, 0.1) is 17.3 Å². The molecule has 2 aromatic heterocycles. The third kappa shape index (κ3) is 2.05. The van der Waals surface area contributed by atoms with E-state index in [4.69, 9.17) is 11.6 Å². The van der Waals surface area contributed by atoms with E-state index in [0.717, 1.165) is 0 Å². The maximum Gasteiger partial charge on any atom is 0.339 e. The number of hydrogen-bond donors (Lipinski definition) is 0. The van der Waals surface area contributed by atoms with Gasteiger partial charge in [-0.25, -0.2) is 18.6 Å². The zero-order chi connectivity index (χ0) is 14.3. The molecule has 0 N–H and O–H groups in total. The molecule has 0 atom stereocenters. The van der Waals surface area contributed by atoms with Crippen LogP contribution in [0.3, 0.4) is 0 Å². The molecule has 0 aliphatic carbocycles. The number of benzene rings is 1. The zero-order valence-corrected chi connectivity index (χ0v) is 12.4. The molecule has 0 unspecified atom stereocenters. The summed E-state index contributed by atoms with van der Waals surface area (Å²) >= 11 is 9.10. The van der Waals surface area contributed by atoms with E-state index in [1.807, 2.05) is 0 Å². The van der Waals surface area contributed by atoms with Crippen molar-refractivity contribution in [3.8, 4) is 5.69 Å². The smallest absolute Gasteiger partial charge is 0.269 e. The molecule has 1 aromatic carbocycles. The monoisotopic (exact) mass is 355 g/mol. The Hall–Kier alpha value is -1.66. The number of rotatable bonds is 2. The van der Waals surface area contributed by atoms with Crippen molar-refractivity contribution in [1.29, 1.82) is 0 Å². The van der Waals surface area contributed by atoms with Crippen LogP contribution in [0.25, 0.3) is 11.3 Å². The standard InChI is InChI=1S/C13H8BrClFN3O/c14-12-10(7-15)17-11-5-6-18(13(20)19(11)12)9-3-1-8(16)2-4-9/h1-6H,7H2. The summed E-state index contributed by atoms with van der Waals surface area (Å²) in [5, 5.41) is 0. The van der Waals surface area contributed by atoms with Crippen LogP contribution in [0, 0.1) is 5.82 Å². The molecular weight excluding hydrogens is 349 g/mol. The molecule has 0 radical (unpaired) electrons. The van der Waals surface area contributed by atoms with Gasteiger partial charge in [-0.3, -0.25) is 4.57 Å². The molecule has 0 aliphatic rings. The van der Waals surface area contributed by atoms with Crippen molar-refractivity contribution in [2.24, 2.45) is 0 Å². The van der Waals surface area contributed by atoms with Crippen molar-refractivity contribution in [2.75, 3.05) is 0 Å². The van der Waals surface area contributed by atoms with Gasteiger partial charge in [0, 0.05) is 6.20 Å². The Morgan fingerprint density at radius 3 is 2.60 bits per heavy atom. The first-order valence-electron chi connectivity index (χ1n) is 5.72. The van der Waals surface area contributed by atoms with Gasteiger partial charge in [0.2, 0.25) is 0 Å².